The third-order valence-electron chi connectivity index (χ3n) is 4.70. The van der Waals surface area contributed by atoms with Crippen molar-refractivity contribution in [2.45, 2.75) is 17.9 Å². The van der Waals surface area contributed by atoms with Crippen LogP contribution in [0.3, 0.4) is 0 Å². The number of carbonyl (C=O) groups is 1. The maximum absolute atomic E-state index is 12.8. The molecule has 1 amide bonds. The average molecular weight is 422 g/mol. The predicted octanol–water partition coefficient (Wildman–Crippen LogP) is 5.64. The Morgan fingerprint density at radius 1 is 1.07 bits per heavy atom. The number of benzene rings is 3. The van der Waals surface area contributed by atoms with Gasteiger partial charge < -0.3 is 9.88 Å². The summed E-state index contributed by atoms with van der Waals surface area (Å²) in [7, 11) is 0. The standard InChI is InChI=1S/C23H20ClN3OS/c1-29-18-9-6-8-17(14-18)25-23(28)15-27-21-12-5-4-11-20(21)26-22(27)13-16-7-2-3-10-19(16)24/h2-12,14H,13,15H2,1H3,(H,25,28). The molecule has 29 heavy (non-hydrogen) atoms. The van der Waals surface area contributed by atoms with Gasteiger partial charge in [0.1, 0.15) is 12.4 Å². The predicted molar refractivity (Wildman–Crippen MR) is 121 cm³/mol. The fourth-order valence-corrected chi connectivity index (χ4v) is 3.96. The first-order valence-corrected chi connectivity index (χ1v) is 10.9. The van der Waals surface area contributed by atoms with Gasteiger partial charge in [0.25, 0.3) is 0 Å². The molecule has 0 fully saturated rings. The van der Waals surface area contributed by atoms with E-state index in [2.05, 4.69) is 5.32 Å². The van der Waals surface area contributed by atoms with Crippen molar-refractivity contribution in [1.82, 2.24) is 9.55 Å². The largest absolute Gasteiger partial charge is 0.324 e. The molecule has 0 radical (unpaired) electrons. The van der Waals surface area contributed by atoms with Crippen LogP contribution in [0.25, 0.3) is 11.0 Å². The van der Waals surface area contributed by atoms with Crippen LogP contribution in [-0.4, -0.2) is 21.7 Å². The first-order valence-electron chi connectivity index (χ1n) is 9.25. The Bertz CT molecular complexity index is 1170. The zero-order chi connectivity index (χ0) is 20.2. The third-order valence-corrected chi connectivity index (χ3v) is 5.79. The second-order valence-corrected chi connectivity index (χ2v) is 7.94. The molecule has 4 nitrogen and oxygen atoms in total. The van der Waals surface area contributed by atoms with Crippen LogP contribution in [0.1, 0.15) is 11.4 Å². The zero-order valence-corrected chi connectivity index (χ0v) is 17.5. The molecule has 0 spiro atoms. The molecule has 1 aromatic heterocycles. The molecule has 0 aliphatic carbocycles. The van der Waals surface area contributed by atoms with Crippen LogP contribution >= 0.6 is 23.4 Å². The number of amides is 1. The minimum atomic E-state index is -0.0909. The molecule has 0 saturated carbocycles. The second-order valence-electron chi connectivity index (χ2n) is 6.65. The van der Waals surface area contributed by atoms with Gasteiger partial charge in [-0.25, -0.2) is 4.98 Å². The first kappa shape index (κ1) is 19.6. The summed E-state index contributed by atoms with van der Waals surface area (Å²) in [5.74, 6) is 0.721. The third kappa shape index (κ3) is 4.47. The summed E-state index contributed by atoms with van der Waals surface area (Å²) in [6, 6.07) is 23.4. The highest BCUT2D eigenvalue weighted by molar-refractivity contribution is 7.98. The molecule has 0 unspecified atom stereocenters. The summed E-state index contributed by atoms with van der Waals surface area (Å²) in [6.07, 6.45) is 2.57. The lowest BCUT2D eigenvalue weighted by molar-refractivity contribution is -0.116. The van der Waals surface area contributed by atoms with Crippen LogP contribution in [0.4, 0.5) is 5.69 Å². The van der Waals surface area contributed by atoms with Crippen LogP contribution in [-0.2, 0) is 17.8 Å². The van der Waals surface area contributed by atoms with E-state index in [9.17, 15) is 4.79 Å². The van der Waals surface area contributed by atoms with Crippen LogP contribution in [0.5, 0.6) is 0 Å². The summed E-state index contributed by atoms with van der Waals surface area (Å²) in [5.41, 5.74) is 3.58. The van der Waals surface area contributed by atoms with Crippen molar-refractivity contribution in [3.8, 4) is 0 Å². The Labute approximate surface area is 178 Å². The Kier molecular flexibility index (Phi) is 5.88. The van der Waals surface area contributed by atoms with Crippen molar-refractivity contribution in [3.05, 3.63) is 89.2 Å². The molecule has 0 atom stereocenters. The molecule has 1 N–H and O–H groups in total. The number of nitrogens with zero attached hydrogens (tertiary/aromatic N) is 2. The molecule has 4 aromatic rings. The van der Waals surface area contributed by atoms with Crippen molar-refractivity contribution in [2.75, 3.05) is 11.6 Å². The van der Waals surface area contributed by atoms with E-state index in [0.29, 0.717) is 11.4 Å². The Balaban J connectivity index is 1.63. The number of anilines is 1. The molecular weight excluding hydrogens is 402 g/mol. The van der Waals surface area contributed by atoms with E-state index >= 15 is 0 Å². The van der Waals surface area contributed by atoms with Crippen LogP contribution < -0.4 is 5.32 Å². The SMILES string of the molecule is CSc1cccc(NC(=O)Cn2c(Cc3ccccc3Cl)nc3ccccc32)c1. The van der Waals surface area contributed by atoms with Gasteiger partial charge in [-0.15, -0.1) is 11.8 Å². The van der Waals surface area contributed by atoms with Gasteiger partial charge >= 0.3 is 0 Å². The van der Waals surface area contributed by atoms with E-state index < -0.39 is 0 Å². The van der Waals surface area contributed by atoms with Gasteiger partial charge in [0.05, 0.1) is 11.0 Å². The van der Waals surface area contributed by atoms with Gasteiger partial charge in [-0.3, -0.25) is 4.79 Å². The van der Waals surface area contributed by atoms with Crippen molar-refractivity contribution in [1.29, 1.82) is 0 Å². The van der Waals surface area contributed by atoms with Crippen LogP contribution in [0, 0.1) is 0 Å². The smallest absolute Gasteiger partial charge is 0.244 e. The summed E-state index contributed by atoms with van der Waals surface area (Å²) in [5, 5.41) is 3.69. The highest BCUT2D eigenvalue weighted by Gasteiger charge is 2.15. The normalized spacial score (nSPS) is 11.0. The van der Waals surface area contributed by atoms with Gasteiger partial charge in [-0.1, -0.05) is 48.0 Å². The highest BCUT2D eigenvalue weighted by Crippen LogP contribution is 2.23. The van der Waals surface area contributed by atoms with Crippen molar-refractivity contribution < 1.29 is 4.79 Å². The topological polar surface area (TPSA) is 46.9 Å². The number of rotatable bonds is 6. The fraction of sp³-hybridized carbons (Fsp3) is 0.130. The van der Waals surface area contributed by atoms with Gasteiger partial charge in [0.15, 0.2) is 0 Å². The summed E-state index contributed by atoms with van der Waals surface area (Å²) in [4.78, 5) is 18.7. The molecule has 0 aliphatic rings. The summed E-state index contributed by atoms with van der Waals surface area (Å²) < 4.78 is 1.96. The lowest BCUT2D eigenvalue weighted by atomic mass is 10.1. The number of nitrogens with one attached hydrogen (secondary N) is 1. The zero-order valence-electron chi connectivity index (χ0n) is 15.9. The summed E-state index contributed by atoms with van der Waals surface area (Å²) in [6.45, 7) is 0.184. The lowest BCUT2D eigenvalue weighted by Crippen LogP contribution is -2.20. The minimum absolute atomic E-state index is 0.0909. The van der Waals surface area contributed by atoms with E-state index in [-0.39, 0.29) is 12.5 Å². The maximum Gasteiger partial charge on any atom is 0.244 e. The Morgan fingerprint density at radius 3 is 2.69 bits per heavy atom. The van der Waals surface area contributed by atoms with Gasteiger partial charge in [0, 0.05) is 22.0 Å². The molecule has 4 rings (SSSR count). The number of imidazole rings is 1. The lowest BCUT2D eigenvalue weighted by Gasteiger charge is -2.11. The number of hydrogen-bond donors (Lipinski definition) is 1. The van der Waals surface area contributed by atoms with Crippen LogP contribution in [0.15, 0.2) is 77.7 Å². The Hall–Kier alpha value is -2.76. The number of carbonyl (C=O) groups excluding carboxylic acids is 1. The molecule has 6 heteroatoms. The van der Waals surface area contributed by atoms with Gasteiger partial charge in [-0.05, 0) is 48.2 Å². The van der Waals surface area contributed by atoms with E-state index in [1.165, 1.54) is 0 Å². The number of thioether (sulfide) groups is 1. The van der Waals surface area contributed by atoms with E-state index in [4.69, 9.17) is 16.6 Å². The number of hydrogen-bond acceptors (Lipinski definition) is 3. The molecule has 1 heterocycles. The molecule has 0 bridgehead atoms. The molecule has 0 saturated heterocycles. The minimum Gasteiger partial charge on any atom is -0.324 e. The van der Waals surface area contributed by atoms with Crippen LogP contribution in [0.2, 0.25) is 5.02 Å². The van der Waals surface area contributed by atoms with Gasteiger partial charge in [0.2, 0.25) is 5.91 Å². The monoisotopic (exact) mass is 421 g/mol. The Morgan fingerprint density at radius 2 is 1.86 bits per heavy atom. The second kappa shape index (κ2) is 8.72. The molecule has 3 aromatic carbocycles. The fourth-order valence-electron chi connectivity index (χ4n) is 3.29. The van der Waals surface area contributed by atoms with E-state index in [1.54, 1.807) is 11.8 Å². The number of para-hydroxylation sites is 2. The van der Waals surface area contributed by atoms with E-state index in [1.807, 2.05) is 83.6 Å². The number of halogens is 1. The molecule has 146 valence electrons. The maximum atomic E-state index is 12.8. The van der Waals surface area contributed by atoms with Crippen molar-refractivity contribution >= 4 is 46.0 Å². The highest BCUT2D eigenvalue weighted by atomic mass is 35.5. The van der Waals surface area contributed by atoms with Crippen molar-refractivity contribution in [2.24, 2.45) is 0 Å². The molecular formula is C23H20ClN3OS. The molecule has 0 aliphatic heterocycles. The number of fused-ring (bicyclic) bond motifs is 1. The van der Waals surface area contributed by atoms with E-state index in [0.717, 1.165) is 33.0 Å². The average Bonchev–Trinajstić information content (AvgIpc) is 3.07. The number of aromatic nitrogens is 2. The summed E-state index contributed by atoms with van der Waals surface area (Å²) >= 11 is 7.99. The van der Waals surface area contributed by atoms with Gasteiger partial charge in [-0.2, -0.15) is 0 Å². The quantitative estimate of drug-likeness (QED) is 0.410. The van der Waals surface area contributed by atoms with Crippen molar-refractivity contribution in [3.63, 3.8) is 0 Å². The first-order chi connectivity index (χ1) is 14.1.